The molecule has 0 amide bonds. The second-order valence-electron chi connectivity index (χ2n) is 7.36. The zero-order valence-electron chi connectivity index (χ0n) is 12.3. The fourth-order valence-corrected chi connectivity index (χ4v) is 5.67. The van der Waals surface area contributed by atoms with Gasteiger partial charge in [0.15, 0.2) is 0 Å². The molecule has 4 bridgehead atoms. The quantitative estimate of drug-likeness (QED) is 0.883. The van der Waals surface area contributed by atoms with E-state index in [9.17, 15) is 4.79 Å². The lowest BCUT2D eigenvalue weighted by Gasteiger charge is -2.54. The highest BCUT2D eigenvalue weighted by atomic mass is 16.1. The van der Waals surface area contributed by atoms with E-state index in [-0.39, 0.29) is 5.56 Å². The Morgan fingerprint density at radius 2 is 1.75 bits per heavy atom. The van der Waals surface area contributed by atoms with Gasteiger partial charge >= 0.3 is 0 Å². The average Bonchev–Trinajstić information content (AvgIpc) is 2.66. The number of H-pyrrole nitrogens is 1. The standard InChI is InChI=1S/C16H25N3O/c1-19-16(20)13(2-3-17)15(18-19)14-11-5-9-4-10(7-11)8-12(14)6-9/h9-12,14,18H,2-8,17H2,1H3. The van der Waals surface area contributed by atoms with E-state index in [2.05, 4.69) is 5.10 Å². The summed E-state index contributed by atoms with van der Waals surface area (Å²) in [5.41, 5.74) is 8.06. The normalized spacial score (nSPS) is 38.6. The molecule has 0 unspecified atom stereocenters. The Morgan fingerprint density at radius 1 is 1.15 bits per heavy atom. The molecule has 4 aliphatic rings. The van der Waals surface area contributed by atoms with E-state index in [1.807, 2.05) is 7.05 Å². The third kappa shape index (κ3) is 1.73. The summed E-state index contributed by atoms with van der Waals surface area (Å²) in [4.78, 5) is 12.3. The smallest absolute Gasteiger partial charge is 0.269 e. The molecule has 5 rings (SSSR count). The number of aryl methyl sites for hydroxylation is 1. The van der Waals surface area contributed by atoms with Crippen molar-refractivity contribution in [2.24, 2.45) is 36.5 Å². The maximum Gasteiger partial charge on any atom is 0.269 e. The Balaban J connectivity index is 1.74. The molecule has 3 N–H and O–H groups in total. The van der Waals surface area contributed by atoms with Crippen molar-refractivity contribution in [2.45, 2.75) is 44.4 Å². The van der Waals surface area contributed by atoms with E-state index >= 15 is 0 Å². The monoisotopic (exact) mass is 275 g/mol. The van der Waals surface area contributed by atoms with Gasteiger partial charge in [0.05, 0.1) is 0 Å². The highest BCUT2D eigenvalue weighted by Crippen LogP contribution is 2.59. The first kappa shape index (κ1) is 12.7. The molecule has 0 saturated heterocycles. The summed E-state index contributed by atoms with van der Waals surface area (Å²) in [6, 6.07) is 0. The van der Waals surface area contributed by atoms with Gasteiger partial charge in [-0.2, -0.15) is 0 Å². The second kappa shape index (κ2) is 4.48. The molecule has 20 heavy (non-hydrogen) atoms. The van der Waals surface area contributed by atoms with E-state index < -0.39 is 0 Å². The number of hydrogen-bond acceptors (Lipinski definition) is 2. The molecule has 4 fully saturated rings. The van der Waals surface area contributed by atoms with Crippen molar-refractivity contribution >= 4 is 0 Å². The molecular formula is C16H25N3O. The van der Waals surface area contributed by atoms with Crippen molar-refractivity contribution in [1.82, 2.24) is 9.78 Å². The molecule has 0 aromatic carbocycles. The minimum absolute atomic E-state index is 0.138. The molecule has 4 saturated carbocycles. The van der Waals surface area contributed by atoms with Crippen LogP contribution >= 0.6 is 0 Å². The molecule has 110 valence electrons. The molecular weight excluding hydrogens is 250 g/mol. The van der Waals surface area contributed by atoms with E-state index in [1.165, 1.54) is 37.8 Å². The highest BCUT2D eigenvalue weighted by molar-refractivity contribution is 5.26. The van der Waals surface area contributed by atoms with Gasteiger partial charge in [0.25, 0.3) is 5.56 Å². The number of aromatic amines is 1. The van der Waals surface area contributed by atoms with Gasteiger partial charge in [-0.15, -0.1) is 0 Å². The number of nitrogens with two attached hydrogens (primary N) is 1. The summed E-state index contributed by atoms with van der Waals surface area (Å²) in [6.07, 6.45) is 7.73. The molecule has 4 aliphatic carbocycles. The summed E-state index contributed by atoms with van der Waals surface area (Å²) in [5, 5.41) is 3.37. The van der Waals surface area contributed by atoms with Gasteiger partial charge < -0.3 is 5.73 Å². The molecule has 0 radical (unpaired) electrons. The van der Waals surface area contributed by atoms with Gasteiger partial charge in [-0.25, -0.2) is 0 Å². The summed E-state index contributed by atoms with van der Waals surface area (Å²) < 4.78 is 1.66. The van der Waals surface area contributed by atoms with Gasteiger partial charge in [0, 0.05) is 24.2 Å². The van der Waals surface area contributed by atoms with Crippen molar-refractivity contribution in [2.75, 3.05) is 6.54 Å². The first-order chi connectivity index (χ1) is 9.67. The third-order valence-corrected chi connectivity index (χ3v) is 6.13. The van der Waals surface area contributed by atoms with Crippen LogP contribution in [0.15, 0.2) is 4.79 Å². The minimum atomic E-state index is 0.138. The predicted molar refractivity (Wildman–Crippen MR) is 78.6 cm³/mol. The summed E-state index contributed by atoms with van der Waals surface area (Å²) in [5.74, 6) is 4.16. The van der Waals surface area contributed by atoms with Gasteiger partial charge in [-0.05, 0) is 68.7 Å². The lowest BCUT2D eigenvalue weighted by molar-refractivity contribution is -0.00457. The molecule has 0 spiro atoms. The van der Waals surface area contributed by atoms with E-state index in [0.29, 0.717) is 18.9 Å². The van der Waals surface area contributed by atoms with Crippen LogP contribution in [0, 0.1) is 23.7 Å². The highest BCUT2D eigenvalue weighted by Gasteiger charge is 2.49. The first-order valence-electron chi connectivity index (χ1n) is 8.15. The molecule has 0 aliphatic heterocycles. The molecule has 4 heteroatoms. The number of nitrogens with one attached hydrogen (secondary N) is 1. The second-order valence-corrected chi connectivity index (χ2v) is 7.36. The topological polar surface area (TPSA) is 63.8 Å². The Bertz CT molecular complexity index is 543. The Morgan fingerprint density at radius 3 is 2.30 bits per heavy atom. The number of hydrogen-bond donors (Lipinski definition) is 2. The van der Waals surface area contributed by atoms with Crippen LogP contribution in [0.4, 0.5) is 0 Å². The first-order valence-corrected chi connectivity index (χ1v) is 8.15. The number of nitrogens with zero attached hydrogens (tertiary/aromatic N) is 1. The van der Waals surface area contributed by atoms with Crippen LogP contribution in [0.2, 0.25) is 0 Å². The Kier molecular flexibility index (Phi) is 2.85. The van der Waals surface area contributed by atoms with Crippen LogP contribution < -0.4 is 11.3 Å². The maximum atomic E-state index is 12.3. The van der Waals surface area contributed by atoms with Crippen LogP contribution in [0.25, 0.3) is 0 Å². The van der Waals surface area contributed by atoms with Crippen LogP contribution in [0.5, 0.6) is 0 Å². The van der Waals surface area contributed by atoms with Crippen molar-refractivity contribution in [3.8, 4) is 0 Å². The molecule has 1 aromatic rings. The lowest BCUT2D eigenvalue weighted by Crippen LogP contribution is -2.44. The molecule has 4 nitrogen and oxygen atoms in total. The molecule has 1 heterocycles. The Hall–Kier alpha value is -1.03. The fourth-order valence-electron chi connectivity index (χ4n) is 5.67. The lowest BCUT2D eigenvalue weighted by atomic mass is 9.51. The van der Waals surface area contributed by atoms with Crippen molar-refractivity contribution in [3.05, 3.63) is 21.6 Å². The Labute approximate surface area is 119 Å². The summed E-state index contributed by atoms with van der Waals surface area (Å²) >= 11 is 0. The predicted octanol–water partition coefficient (Wildman–Crippen LogP) is 1.75. The summed E-state index contributed by atoms with van der Waals surface area (Å²) in [7, 11) is 1.84. The SMILES string of the molecule is Cn1[nH]c(C2C3CC4CC(C3)CC2C4)c(CCN)c1=O. The van der Waals surface area contributed by atoms with E-state index in [0.717, 1.165) is 29.2 Å². The number of aromatic nitrogens is 2. The van der Waals surface area contributed by atoms with Gasteiger partial charge in [-0.1, -0.05) is 0 Å². The van der Waals surface area contributed by atoms with Crippen LogP contribution in [0.1, 0.15) is 49.3 Å². The molecule has 1 aromatic heterocycles. The van der Waals surface area contributed by atoms with E-state index in [1.54, 1.807) is 4.68 Å². The average molecular weight is 275 g/mol. The van der Waals surface area contributed by atoms with Crippen LogP contribution in [-0.4, -0.2) is 16.3 Å². The third-order valence-electron chi connectivity index (χ3n) is 6.13. The summed E-state index contributed by atoms with van der Waals surface area (Å²) in [6.45, 7) is 0.563. The fraction of sp³-hybridized carbons (Fsp3) is 0.812. The maximum absolute atomic E-state index is 12.3. The van der Waals surface area contributed by atoms with E-state index in [4.69, 9.17) is 5.73 Å². The van der Waals surface area contributed by atoms with Crippen molar-refractivity contribution in [3.63, 3.8) is 0 Å². The van der Waals surface area contributed by atoms with Gasteiger partial charge in [-0.3, -0.25) is 14.6 Å². The van der Waals surface area contributed by atoms with Crippen molar-refractivity contribution in [1.29, 1.82) is 0 Å². The molecule has 0 atom stereocenters. The largest absolute Gasteiger partial charge is 0.330 e. The zero-order valence-corrected chi connectivity index (χ0v) is 12.3. The minimum Gasteiger partial charge on any atom is -0.330 e. The zero-order chi connectivity index (χ0) is 13.9. The van der Waals surface area contributed by atoms with Gasteiger partial charge in [0.1, 0.15) is 0 Å². The van der Waals surface area contributed by atoms with Crippen LogP contribution in [0.3, 0.4) is 0 Å². The number of rotatable bonds is 3. The van der Waals surface area contributed by atoms with Gasteiger partial charge in [0.2, 0.25) is 0 Å². The van der Waals surface area contributed by atoms with Crippen LogP contribution in [-0.2, 0) is 13.5 Å². The van der Waals surface area contributed by atoms with Crippen molar-refractivity contribution < 1.29 is 0 Å².